The largest absolute Gasteiger partial charge is 0.573 e. The molecule has 0 spiro atoms. The lowest BCUT2D eigenvalue weighted by molar-refractivity contribution is -0.274. The van der Waals surface area contributed by atoms with Crippen LogP contribution in [-0.4, -0.2) is 11.5 Å². The normalized spacial score (nSPS) is 10.8. The van der Waals surface area contributed by atoms with Crippen LogP contribution in [0.5, 0.6) is 5.75 Å². The fraction of sp³-hybridized carbons (Fsp3) is 0.125. The van der Waals surface area contributed by atoms with Gasteiger partial charge in [0, 0.05) is 0 Å². The molecule has 4 N–H and O–H groups in total. The number of benzene rings is 1. The average molecular weight is 251 g/mol. The molecule has 0 unspecified atom stereocenters. The van der Waals surface area contributed by atoms with Crippen LogP contribution in [0.15, 0.2) is 24.3 Å². The third-order valence-electron chi connectivity index (χ3n) is 1.49. The van der Waals surface area contributed by atoms with E-state index in [-0.39, 0.29) is 16.5 Å². The summed E-state index contributed by atoms with van der Waals surface area (Å²) in [6, 6.07) is 5.48. The van der Waals surface area contributed by atoms with Crippen LogP contribution >= 0.6 is 12.2 Å². The van der Waals surface area contributed by atoms with Gasteiger partial charge in [0.05, 0.1) is 5.69 Å². The Morgan fingerprint density at radius 2 is 1.94 bits per heavy atom. The van der Waals surface area contributed by atoms with E-state index in [1.165, 1.54) is 18.2 Å². The van der Waals surface area contributed by atoms with Gasteiger partial charge >= 0.3 is 6.36 Å². The number of anilines is 1. The van der Waals surface area contributed by atoms with Crippen LogP contribution in [0.4, 0.5) is 18.9 Å². The molecule has 0 atom stereocenters. The molecule has 4 nitrogen and oxygen atoms in total. The zero-order valence-electron chi connectivity index (χ0n) is 7.84. The molecule has 1 aromatic carbocycles. The molecule has 8 heteroatoms. The Morgan fingerprint density at radius 1 is 1.31 bits per heavy atom. The molecule has 0 saturated carbocycles. The van der Waals surface area contributed by atoms with E-state index in [9.17, 15) is 13.2 Å². The molecule has 0 aromatic heterocycles. The van der Waals surface area contributed by atoms with Crippen LogP contribution in [0.25, 0.3) is 0 Å². The zero-order valence-corrected chi connectivity index (χ0v) is 8.65. The van der Waals surface area contributed by atoms with Crippen LogP contribution < -0.4 is 21.3 Å². The molecule has 0 fully saturated rings. The number of halogens is 3. The van der Waals surface area contributed by atoms with E-state index in [2.05, 4.69) is 27.7 Å². The molecule has 0 bridgehead atoms. The molecular weight excluding hydrogens is 243 g/mol. The maximum absolute atomic E-state index is 12.0. The smallest absolute Gasteiger partial charge is 0.404 e. The first-order chi connectivity index (χ1) is 7.42. The fourth-order valence-corrected chi connectivity index (χ4v) is 1.05. The van der Waals surface area contributed by atoms with Gasteiger partial charge in [-0.2, -0.15) is 0 Å². The molecule has 88 valence electrons. The van der Waals surface area contributed by atoms with Gasteiger partial charge in [-0.15, -0.1) is 13.2 Å². The molecule has 0 radical (unpaired) electrons. The summed E-state index contributed by atoms with van der Waals surface area (Å²) in [6.07, 6.45) is -4.75. The minimum atomic E-state index is -4.75. The Kier molecular flexibility index (Phi) is 3.91. The topological polar surface area (TPSA) is 59.3 Å². The SMILES string of the molecule is NNC(=S)Nc1ccccc1OC(F)(F)F. The minimum absolute atomic E-state index is 0.0155. The number of hydrogen-bond acceptors (Lipinski definition) is 3. The standard InChI is InChI=1S/C8H8F3N3OS/c9-8(10,11)15-6-4-2-1-3-5(6)13-7(16)14-12/h1-4H,12H2,(H2,13,14,16). The molecule has 0 amide bonds. The highest BCUT2D eigenvalue weighted by Crippen LogP contribution is 2.29. The van der Waals surface area contributed by atoms with Crippen LogP contribution in [0.2, 0.25) is 0 Å². The summed E-state index contributed by atoms with van der Waals surface area (Å²) < 4.78 is 39.8. The number of hydrogen-bond donors (Lipinski definition) is 3. The summed E-state index contributed by atoms with van der Waals surface area (Å²) in [6.45, 7) is 0. The zero-order chi connectivity index (χ0) is 12.2. The first-order valence-corrected chi connectivity index (χ1v) is 4.45. The van der Waals surface area contributed by atoms with Crippen molar-refractivity contribution < 1.29 is 17.9 Å². The third-order valence-corrected chi connectivity index (χ3v) is 1.71. The van der Waals surface area contributed by atoms with Crippen molar-refractivity contribution in [1.29, 1.82) is 0 Å². The van der Waals surface area contributed by atoms with Crippen LogP contribution in [0, 0.1) is 0 Å². The molecule has 0 aliphatic heterocycles. The number of nitrogens with one attached hydrogen (secondary N) is 2. The highest BCUT2D eigenvalue weighted by Gasteiger charge is 2.32. The van der Waals surface area contributed by atoms with Gasteiger partial charge in [0.2, 0.25) is 0 Å². The van der Waals surface area contributed by atoms with Gasteiger partial charge in [0.15, 0.2) is 10.9 Å². The second kappa shape index (κ2) is 4.99. The van der Waals surface area contributed by atoms with Crippen molar-refractivity contribution in [2.45, 2.75) is 6.36 Å². The number of thiocarbonyl (C=S) groups is 1. The highest BCUT2D eigenvalue weighted by molar-refractivity contribution is 7.80. The van der Waals surface area contributed by atoms with Gasteiger partial charge in [-0.1, -0.05) is 12.1 Å². The molecule has 16 heavy (non-hydrogen) atoms. The van der Waals surface area contributed by atoms with Gasteiger partial charge in [-0.3, -0.25) is 0 Å². The molecule has 0 saturated heterocycles. The maximum Gasteiger partial charge on any atom is 0.573 e. The minimum Gasteiger partial charge on any atom is -0.404 e. The summed E-state index contributed by atoms with van der Waals surface area (Å²) >= 11 is 4.65. The highest BCUT2D eigenvalue weighted by atomic mass is 32.1. The summed E-state index contributed by atoms with van der Waals surface area (Å²) in [5.74, 6) is 4.60. The third kappa shape index (κ3) is 3.91. The van der Waals surface area contributed by atoms with Crippen molar-refractivity contribution in [2.24, 2.45) is 5.84 Å². The Morgan fingerprint density at radius 3 is 2.50 bits per heavy atom. The Balaban J connectivity index is 2.87. The van der Waals surface area contributed by atoms with Gasteiger partial charge in [-0.05, 0) is 24.4 Å². The first kappa shape index (κ1) is 12.5. The number of rotatable bonds is 2. The molecule has 0 aliphatic rings. The predicted molar refractivity (Wildman–Crippen MR) is 56.7 cm³/mol. The quantitative estimate of drug-likeness (QED) is 0.424. The molecule has 0 aliphatic carbocycles. The lowest BCUT2D eigenvalue weighted by Gasteiger charge is -2.14. The fourth-order valence-electron chi connectivity index (χ4n) is 0.942. The van der Waals surface area contributed by atoms with Gasteiger partial charge in [0.1, 0.15) is 0 Å². The summed E-state index contributed by atoms with van der Waals surface area (Å²) in [4.78, 5) is 0. The van der Waals surface area contributed by atoms with Gasteiger partial charge < -0.3 is 15.5 Å². The number of ether oxygens (including phenoxy) is 1. The molecular formula is C8H8F3N3OS. The van der Waals surface area contributed by atoms with Crippen molar-refractivity contribution in [2.75, 3.05) is 5.32 Å². The number of hydrazine groups is 1. The maximum atomic E-state index is 12.0. The number of nitrogens with two attached hydrogens (primary N) is 1. The van der Waals surface area contributed by atoms with E-state index in [1.807, 2.05) is 0 Å². The van der Waals surface area contributed by atoms with Crippen molar-refractivity contribution >= 4 is 23.0 Å². The van der Waals surface area contributed by atoms with Gasteiger partial charge in [0.25, 0.3) is 0 Å². The van der Waals surface area contributed by atoms with E-state index < -0.39 is 6.36 Å². The average Bonchev–Trinajstić information content (AvgIpc) is 2.18. The Hall–Kier alpha value is -1.54. The van der Waals surface area contributed by atoms with E-state index in [0.29, 0.717) is 0 Å². The monoisotopic (exact) mass is 251 g/mol. The lowest BCUT2D eigenvalue weighted by Crippen LogP contribution is -2.34. The second-order valence-corrected chi connectivity index (χ2v) is 3.05. The number of alkyl halides is 3. The van der Waals surface area contributed by atoms with E-state index in [1.54, 1.807) is 0 Å². The predicted octanol–water partition coefficient (Wildman–Crippen LogP) is 1.75. The first-order valence-electron chi connectivity index (χ1n) is 4.05. The summed E-state index contributed by atoms with van der Waals surface area (Å²) in [7, 11) is 0. The van der Waals surface area contributed by atoms with Crippen molar-refractivity contribution in [3.8, 4) is 5.75 Å². The lowest BCUT2D eigenvalue weighted by atomic mass is 10.3. The van der Waals surface area contributed by atoms with Gasteiger partial charge in [-0.25, -0.2) is 5.84 Å². The van der Waals surface area contributed by atoms with Crippen LogP contribution in [0.1, 0.15) is 0 Å². The summed E-state index contributed by atoms with van der Waals surface area (Å²) in [5, 5.41) is 2.44. The molecule has 0 heterocycles. The summed E-state index contributed by atoms with van der Waals surface area (Å²) in [5.41, 5.74) is 2.16. The van der Waals surface area contributed by atoms with Crippen molar-refractivity contribution in [3.63, 3.8) is 0 Å². The van der Waals surface area contributed by atoms with Crippen molar-refractivity contribution in [1.82, 2.24) is 5.43 Å². The van der Waals surface area contributed by atoms with Crippen LogP contribution in [-0.2, 0) is 0 Å². The van der Waals surface area contributed by atoms with Crippen molar-refractivity contribution in [3.05, 3.63) is 24.3 Å². The number of para-hydroxylation sites is 2. The van der Waals surface area contributed by atoms with Crippen LogP contribution in [0.3, 0.4) is 0 Å². The molecule has 1 aromatic rings. The van der Waals surface area contributed by atoms with E-state index in [4.69, 9.17) is 5.84 Å². The molecule has 1 rings (SSSR count). The second-order valence-electron chi connectivity index (χ2n) is 2.64. The Bertz CT molecular complexity index is 383. The van der Waals surface area contributed by atoms with E-state index >= 15 is 0 Å². The Labute approximate surface area is 94.5 Å². The van der Waals surface area contributed by atoms with E-state index in [0.717, 1.165) is 6.07 Å².